The fraction of sp³-hybridized carbons (Fsp3) is 0.588. The molecule has 1 aliphatic rings. The molecule has 21 heavy (non-hydrogen) atoms. The number of rotatable bonds is 6. The minimum atomic E-state index is -0.880. The lowest BCUT2D eigenvalue weighted by Gasteiger charge is -2.32. The predicted molar refractivity (Wildman–Crippen MR) is 84.4 cm³/mol. The normalized spacial score (nSPS) is 18.6. The number of aryl methyl sites for hydroxylation is 1. The predicted octanol–water partition coefficient (Wildman–Crippen LogP) is 2.28. The largest absolute Gasteiger partial charge is 0.480 e. The van der Waals surface area contributed by atoms with Crippen LogP contribution in [0.5, 0.6) is 0 Å². The molecule has 116 valence electrons. The summed E-state index contributed by atoms with van der Waals surface area (Å²) in [6.45, 7) is 6.90. The maximum Gasteiger partial charge on any atom is 0.324 e. The monoisotopic (exact) mass is 290 g/mol. The molecule has 1 atom stereocenters. The van der Waals surface area contributed by atoms with Crippen LogP contribution in [0.1, 0.15) is 37.8 Å². The molecule has 0 amide bonds. The van der Waals surface area contributed by atoms with Crippen molar-refractivity contribution in [2.45, 2.75) is 45.2 Å². The Balaban J connectivity index is 2.09. The highest BCUT2D eigenvalue weighted by Crippen LogP contribution is 2.20. The second-order valence-electron chi connectivity index (χ2n) is 6.15. The average molecular weight is 290 g/mol. The van der Waals surface area contributed by atoms with Gasteiger partial charge in [-0.25, -0.2) is 0 Å². The number of hydrogen-bond acceptors (Lipinski definition) is 3. The van der Waals surface area contributed by atoms with Gasteiger partial charge in [0.15, 0.2) is 0 Å². The molecule has 2 N–H and O–H groups in total. The molecule has 0 fully saturated rings. The number of carbonyl (C=O) groups is 1. The molecule has 0 bridgehead atoms. The quantitative estimate of drug-likeness (QED) is 0.844. The van der Waals surface area contributed by atoms with Gasteiger partial charge in [0.05, 0.1) is 0 Å². The van der Waals surface area contributed by atoms with Gasteiger partial charge in [-0.3, -0.25) is 9.69 Å². The van der Waals surface area contributed by atoms with Crippen LogP contribution in [-0.2, 0) is 17.8 Å². The summed E-state index contributed by atoms with van der Waals surface area (Å²) in [6, 6.07) is 8.49. The van der Waals surface area contributed by atoms with Gasteiger partial charge in [0.2, 0.25) is 0 Å². The topological polar surface area (TPSA) is 52.6 Å². The third-order valence-corrected chi connectivity index (χ3v) is 4.21. The zero-order valence-corrected chi connectivity index (χ0v) is 13.1. The maximum absolute atomic E-state index is 11.6. The first-order valence-corrected chi connectivity index (χ1v) is 7.83. The number of nitrogens with zero attached hydrogens (tertiary/aromatic N) is 1. The molecule has 1 aromatic carbocycles. The third kappa shape index (κ3) is 4.05. The van der Waals surface area contributed by atoms with Crippen molar-refractivity contribution < 1.29 is 9.90 Å². The van der Waals surface area contributed by atoms with Gasteiger partial charge in [-0.2, -0.15) is 0 Å². The Bertz CT molecular complexity index is 489. The zero-order valence-electron chi connectivity index (χ0n) is 13.1. The van der Waals surface area contributed by atoms with Gasteiger partial charge in [-0.15, -0.1) is 0 Å². The van der Waals surface area contributed by atoms with E-state index in [1.807, 2.05) is 0 Å². The molecule has 1 heterocycles. The summed E-state index contributed by atoms with van der Waals surface area (Å²) in [6.07, 6.45) is 3.10. The number of nitrogens with one attached hydrogen (secondary N) is 1. The molecular weight excluding hydrogens is 264 g/mol. The van der Waals surface area contributed by atoms with E-state index in [1.165, 1.54) is 11.1 Å². The highest BCUT2D eigenvalue weighted by atomic mass is 16.4. The summed E-state index contributed by atoms with van der Waals surface area (Å²) in [5, 5.41) is 12.8. The van der Waals surface area contributed by atoms with Crippen LogP contribution in [0.4, 0.5) is 0 Å². The lowest BCUT2D eigenvalue weighted by molar-refractivity contribution is -0.145. The molecule has 0 radical (unpaired) electrons. The zero-order chi connectivity index (χ0) is 15.3. The summed E-state index contributed by atoms with van der Waals surface area (Å²) in [7, 11) is 0. The van der Waals surface area contributed by atoms with Crippen LogP contribution in [0.25, 0.3) is 0 Å². The molecule has 4 heteroatoms. The summed E-state index contributed by atoms with van der Waals surface area (Å²) in [4.78, 5) is 13.9. The van der Waals surface area contributed by atoms with Crippen molar-refractivity contribution >= 4 is 5.97 Å². The summed E-state index contributed by atoms with van der Waals surface area (Å²) >= 11 is 0. The number of fused-ring (bicyclic) bond motifs is 1. The number of hydrogen-bond donors (Lipinski definition) is 2. The van der Waals surface area contributed by atoms with Gasteiger partial charge in [0.25, 0.3) is 0 Å². The number of aliphatic carboxylic acids is 1. The van der Waals surface area contributed by atoms with E-state index >= 15 is 0 Å². The lowest BCUT2D eigenvalue weighted by atomic mass is 10.0. The average Bonchev–Trinajstić information content (AvgIpc) is 2.66. The summed E-state index contributed by atoms with van der Waals surface area (Å²) in [5.74, 6) is -0.770. The molecule has 0 saturated carbocycles. The fourth-order valence-corrected chi connectivity index (χ4v) is 2.95. The van der Waals surface area contributed by atoms with E-state index < -0.39 is 11.5 Å². The maximum atomic E-state index is 11.6. The third-order valence-electron chi connectivity index (χ3n) is 4.21. The van der Waals surface area contributed by atoms with Gasteiger partial charge < -0.3 is 10.4 Å². The van der Waals surface area contributed by atoms with Crippen LogP contribution in [0, 0.1) is 0 Å². The van der Waals surface area contributed by atoms with E-state index in [4.69, 9.17) is 0 Å². The molecule has 0 aromatic heterocycles. The van der Waals surface area contributed by atoms with Crippen molar-refractivity contribution in [2.75, 3.05) is 19.6 Å². The van der Waals surface area contributed by atoms with E-state index in [1.54, 1.807) is 6.92 Å². The SMILES string of the molecule is CCCNC(C)(CN1CCCc2ccccc2C1)C(=O)O. The standard InChI is InChI=1S/C17H26N2O2/c1-3-10-18-17(2,16(20)21)13-19-11-6-9-14-7-4-5-8-15(14)12-19/h4-5,7-8,18H,3,6,9-13H2,1-2H3,(H,20,21). The molecule has 0 saturated heterocycles. The van der Waals surface area contributed by atoms with Crippen molar-refractivity contribution in [1.29, 1.82) is 0 Å². The molecule has 4 nitrogen and oxygen atoms in total. The Morgan fingerprint density at radius 2 is 2.10 bits per heavy atom. The lowest BCUT2D eigenvalue weighted by Crippen LogP contribution is -2.57. The Morgan fingerprint density at radius 3 is 2.76 bits per heavy atom. The van der Waals surface area contributed by atoms with Crippen LogP contribution < -0.4 is 5.32 Å². The summed E-state index contributed by atoms with van der Waals surface area (Å²) in [5.41, 5.74) is 1.85. The molecule has 1 unspecified atom stereocenters. The van der Waals surface area contributed by atoms with Gasteiger partial charge in [-0.05, 0) is 50.4 Å². The Morgan fingerprint density at radius 1 is 1.38 bits per heavy atom. The second kappa shape index (κ2) is 7.05. The molecule has 0 aliphatic carbocycles. The van der Waals surface area contributed by atoms with Crippen molar-refractivity contribution in [3.63, 3.8) is 0 Å². The van der Waals surface area contributed by atoms with Gasteiger partial charge in [0.1, 0.15) is 5.54 Å². The highest BCUT2D eigenvalue weighted by Gasteiger charge is 2.34. The van der Waals surface area contributed by atoms with E-state index in [0.29, 0.717) is 6.54 Å². The number of benzene rings is 1. The van der Waals surface area contributed by atoms with Crippen LogP contribution in [0.3, 0.4) is 0 Å². The Labute approximate surface area is 127 Å². The minimum Gasteiger partial charge on any atom is -0.480 e. The van der Waals surface area contributed by atoms with Crippen molar-refractivity contribution in [3.8, 4) is 0 Å². The first kappa shape index (κ1) is 16.0. The number of carboxylic acids is 1. The first-order valence-electron chi connectivity index (χ1n) is 7.83. The highest BCUT2D eigenvalue weighted by molar-refractivity contribution is 5.78. The smallest absolute Gasteiger partial charge is 0.324 e. The van der Waals surface area contributed by atoms with Crippen LogP contribution >= 0.6 is 0 Å². The Kier molecular flexibility index (Phi) is 5.37. The van der Waals surface area contributed by atoms with Crippen molar-refractivity contribution in [2.24, 2.45) is 0 Å². The van der Waals surface area contributed by atoms with Crippen LogP contribution in [0.2, 0.25) is 0 Å². The van der Waals surface area contributed by atoms with E-state index in [2.05, 4.69) is 41.4 Å². The number of carboxylic acid groups (broad SMARTS) is 1. The molecule has 1 aliphatic heterocycles. The van der Waals surface area contributed by atoms with E-state index in [-0.39, 0.29) is 0 Å². The van der Waals surface area contributed by atoms with Gasteiger partial charge >= 0.3 is 5.97 Å². The van der Waals surface area contributed by atoms with Crippen molar-refractivity contribution in [3.05, 3.63) is 35.4 Å². The molecular formula is C17H26N2O2. The van der Waals surface area contributed by atoms with Crippen LogP contribution in [0.15, 0.2) is 24.3 Å². The molecule has 2 rings (SSSR count). The van der Waals surface area contributed by atoms with E-state index in [0.717, 1.165) is 38.9 Å². The van der Waals surface area contributed by atoms with Gasteiger partial charge in [0, 0.05) is 13.1 Å². The summed E-state index contributed by atoms with van der Waals surface area (Å²) < 4.78 is 0. The van der Waals surface area contributed by atoms with Crippen LogP contribution in [-0.4, -0.2) is 41.1 Å². The Hall–Kier alpha value is -1.39. The molecule has 0 spiro atoms. The minimum absolute atomic E-state index is 0.538. The first-order chi connectivity index (χ1) is 10.0. The van der Waals surface area contributed by atoms with Crippen molar-refractivity contribution in [1.82, 2.24) is 10.2 Å². The second-order valence-corrected chi connectivity index (χ2v) is 6.15. The van der Waals surface area contributed by atoms with E-state index in [9.17, 15) is 9.90 Å². The van der Waals surface area contributed by atoms with Gasteiger partial charge in [-0.1, -0.05) is 31.2 Å². The molecule has 1 aromatic rings. The fourth-order valence-electron chi connectivity index (χ4n) is 2.95.